The quantitative estimate of drug-likeness (QED) is 0.0624. The van der Waals surface area contributed by atoms with Gasteiger partial charge in [0.1, 0.15) is 0 Å². The number of carbonyl (C=O) groups excluding carboxylic acids is 1. The number of amides is 1. The molecule has 0 rings (SSSR count). The van der Waals surface area contributed by atoms with Gasteiger partial charge in [-0.2, -0.15) is 101 Å². The monoisotopic (exact) mass is 932 g/mol. The number of hydrogen-bond acceptors (Lipinski definition) is 1. The molecule has 27 heteroatoms. The van der Waals surface area contributed by atoms with Crippen LogP contribution in [0, 0.1) is 0 Å². The Kier molecular flexibility index (Phi) is 17.8. The molecule has 1 atom stereocenters. The minimum atomic E-state index is -9.44. The summed E-state index contributed by atoms with van der Waals surface area (Å²) < 4.78 is 323. The van der Waals surface area contributed by atoms with E-state index in [9.17, 15) is 88.2 Å². The van der Waals surface area contributed by atoms with E-state index in [4.69, 9.17) is 0 Å². The van der Waals surface area contributed by atoms with Crippen LogP contribution in [-0.2, 0) is 4.79 Å². The minimum Gasteiger partial charge on any atom is -1.00 e. The van der Waals surface area contributed by atoms with Gasteiger partial charge in [-0.3, -0.25) is 9.28 Å². The number of unbranched alkanes of at least 4 members (excludes halogenated alkanes) is 2. The van der Waals surface area contributed by atoms with Crippen molar-refractivity contribution < 1.29 is 127 Å². The second-order valence-electron chi connectivity index (χ2n) is 12.5. The molecule has 0 aromatic heterocycles. The van der Waals surface area contributed by atoms with Crippen molar-refractivity contribution in [2.45, 2.75) is 151 Å². The Bertz CT molecular complexity index is 1230. The molecule has 1 amide bonds. The van der Waals surface area contributed by atoms with Crippen molar-refractivity contribution in [1.29, 1.82) is 0 Å². The topological polar surface area (TPSA) is 29.1 Å². The van der Waals surface area contributed by atoms with Crippen molar-refractivity contribution in [2.24, 2.45) is 0 Å². The lowest BCUT2D eigenvalue weighted by Gasteiger charge is -2.50. The van der Waals surface area contributed by atoms with Crippen LogP contribution in [0.15, 0.2) is 0 Å². The number of alkyl halides is 23. The lowest BCUT2D eigenvalue weighted by molar-refractivity contribution is -0.963. The van der Waals surface area contributed by atoms with Crippen molar-refractivity contribution in [3.8, 4) is 0 Å². The highest BCUT2D eigenvalue weighted by atomic mass is 79.9. The van der Waals surface area contributed by atoms with Crippen LogP contribution < -0.4 is 22.3 Å². The number of halogens is 24. The molecule has 0 aliphatic rings. The fraction of sp³-hybridized carbons (Fsp3) is 0.964. The van der Waals surface area contributed by atoms with Gasteiger partial charge >= 0.3 is 65.4 Å². The van der Waals surface area contributed by atoms with E-state index in [0.717, 1.165) is 6.92 Å². The van der Waals surface area contributed by atoms with Gasteiger partial charge in [0, 0.05) is 12.8 Å². The van der Waals surface area contributed by atoms with E-state index < -0.39 is 114 Å². The molecule has 0 heterocycles. The molecule has 0 aliphatic heterocycles. The molecule has 0 aromatic rings. The van der Waals surface area contributed by atoms with E-state index in [-0.39, 0.29) is 55.5 Å². The molecule has 0 fully saturated rings. The van der Waals surface area contributed by atoms with E-state index >= 15 is 17.6 Å². The van der Waals surface area contributed by atoms with Crippen molar-refractivity contribution in [1.82, 2.24) is 5.32 Å². The van der Waals surface area contributed by atoms with Crippen LogP contribution in [0.3, 0.4) is 0 Å². The molecule has 0 spiro atoms. The SMILES string of the molecule is CCCC[N+](CCCC)(CNC(=O)CCC)C(CCC)C(F)(F)C(F)(F)C(F)(F)C(F)(F)C(F)(F)C(F)(F)C(F)(F)C(F)(F)C(F)(F)C(F)(F)C(F)(F)F.[Br-]. The highest BCUT2D eigenvalue weighted by molar-refractivity contribution is 5.75. The summed E-state index contributed by atoms with van der Waals surface area (Å²) in [6.07, 6.45) is -11.2. The van der Waals surface area contributed by atoms with Crippen LogP contribution in [0.5, 0.6) is 0 Å². The van der Waals surface area contributed by atoms with E-state index in [0.29, 0.717) is 0 Å². The summed E-state index contributed by atoms with van der Waals surface area (Å²) in [5, 5.41) is 2.04. The smallest absolute Gasteiger partial charge is 0.460 e. The summed E-state index contributed by atoms with van der Waals surface area (Å²) in [5.74, 6) is -89.0. The third-order valence-electron chi connectivity index (χ3n) is 8.55. The first-order chi connectivity index (χ1) is 23.8. The number of hydrogen-bond donors (Lipinski definition) is 1. The first-order valence-corrected chi connectivity index (χ1v) is 15.7. The van der Waals surface area contributed by atoms with E-state index in [1.807, 2.05) is 5.32 Å². The van der Waals surface area contributed by atoms with Crippen molar-refractivity contribution >= 4 is 5.91 Å². The molecular weight excluding hydrogens is 897 g/mol. The molecule has 0 aromatic carbocycles. The molecule has 0 aliphatic carbocycles. The van der Waals surface area contributed by atoms with Gasteiger partial charge in [0.2, 0.25) is 5.91 Å². The average molecular weight is 933 g/mol. The number of carbonyl (C=O) groups is 1. The van der Waals surface area contributed by atoms with Crippen LogP contribution >= 0.6 is 0 Å². The highest BCUT2D eigenvalue weighted by Gasteiger charge is 2.99. The molecule has 1 unspecified atom stereocenters. The Morgan fingerprint density at radius 1 is 0.473 bits per heavy atom. The normalized spacial score (nSPS) is 15.8. The molecule has 55 heavy (non-hydrogen) atoms. The number of nitrogens with zero attached hydrogens (tertiary/aromatic N) is 1. The van der Waals surface area contributed by atoms with Crippen LogP contribution in [0.2, 0.25) is 0 Å². The van der Waals surface area contributed by atoms with Crippen LogP contribution in [-0.4, -0.2) is 102 Å². The Morgan fingerprint density at radius 2 is 0.782 bits per heavy atom. The molecule has 0 saturated carbocycles. The van der Waals surface area contributed by atoms with Crippen molar-refractivity contribution in [3.63, 3.8) is 0 Å². The van der Waals surface area contributed by atoms with Crippen molar-refractivity contribution in [2.75, 3.05) is 19.8 Å². The maximum Gasteiger partial charge on any atom is 0.460 e. The Morgan fingerprint density at radius 3 is 1.05 bits per heavy atom. The lowest BCUT2D eigenvalue weighted by atomic mass is 9.83. The summed E-state index contributed by atoms with van der Waals surface area (Å²) >= 11 is 0. The fourth-order valence-electron chi connectivity index (χ4n) is 5.25. The molecule has 0 radical (unpaired) electrons. The predicted octanol–water partition coefficient (Wildman–Crippen LogP) is 8.37. The first-order valence-electron chi connectivity index (χ1n) is 15.7. The van der Waals surface area contributed by atoms with Crippen LogP contribution in [0.4, 0.5) is 101 Å². The van der Waals surface area contributed by atoms with Crippen LogP contribution in [0.1, 0.15) is 79.1 Å². The van der Waals surface area contributed by atoms with Gasteiger partial charge in [0.15, 0.2) is 12.7 Å². The molecular formula is C28H36BrF23N2O. The van der Waals surface area contributed by atoms with Gasteiger partial charge < -0.3 is 22.3 Å². The molecule has 1 N–H and O–H groups in total. The number of quaternary nitrogens is 1. The molecule has 0 saturated heterocycles. The number of nitrogens with one attached hydrogen (secondary N) is 1. The summed E-state index contributed by atoms with van der Waals surface area (Å²) in [7, 11) is 0. The lowest BCUT2D eigenvalue weighted by Crippen LogP contribution is -3.00. The average Bonchev–Trinajstić information content (AvgIpc) is 3.02. The summed E-state index contributed by atoms with van der Waals surface area (Å²) in [5.41, 5.74) is 0. The first kappa shape index (κ1) is 55.4. The third-order valence-corrected chi connectivity index (χ3v) is 8.55. The van der Waals surface area contributed by atoms with Gasteiger partial charge in [0.05, 0.1) is 13.1 Å². The maximum atomic E-state index is 15.9. The van der Waals surface area contributed by atoms with Gasteiger partial charge in [-0.25, -0.2) is 0 Å². The largest absolute Gasteiger partial charge is 1.00 e. The third kappa shape index (κ3) is 8.85. The standard InChI is InChI=1S/C28H35F23N2O.BrH/c1-5-9-13-53(14-10-6-2,15-52-17(54)12-8-4)16(11-7-3)18(29,30)19(31,32)20(33,34)21(35,36)22(37,38)23(39,40)24(41,42)25(43,44)26(45,46)27(47,48)28(49,50)51;/h16H,5-15H2,1-4H3;1H. The Hall–Kier alpha value is -1.70. The Labute approximate surface area is 309 Å². The van der Waals surface area contributed by atoms with Gasteiger partial charge in [-0.15, -0.1) is 0 Å². The van der Waals surface area contributed by atoms with E-state index in [1.54, 1.807) is 0 Å². The van der Waals surface area contributed by atoms with Gasteiger partial charge in [-0.05, 0) is 19.3 Å². The maximum absolute atomic E-state index is 15.9. The summed E-state index contributed by atoms with van der Waals surface area (Å²) in [6, 6.07) is -3.47. The summed E-state index contributed by atoms with van der Waals surface area (Å²) in [4.78, 5) is 12.2. The minimum absolute atomic E-state index is 0. The number of rotatable bonds is 23. The van der Waals surface area contributed by atoms with E-state index in [1.165, 1.54) is 20.8 Å². The second kappa shape index (κ2) is 17.7. The van der Waals surface area contributed by atoms with E-state index in [2.05, 4.69) is 0 Å². The molecule has 0 bridgehead atoms. The van der Waals surface area contributed by atoms with Gasteiger partial charge in [0.25, 0.3) is 0 Å². The fourth-order valence-corrected chi connectivity index (χ4v) is 5.25. The zero-order valence-electron chi connectivity index (χ0n) is 28.8. The zero-order chi connectivity index (χ0) is 43.6. The van der Waals surface area contributed by atoms with Gasteiger partial charge in [-0.1, -0.05) is 47.0 Å². The second-order valence-corrected chi connectivity index (χ2v) is 12.5. The molecule has 3 nitrogen and oxygen atoms in total. The predicted molar refractivity (Wildman–Crippen MR) is 142 cm³/mol. The molecule has 332 valence electrons. The summed E-state index contributed by atoms with van der Waals surface area (Å²) in [6.45, 7) is 2.33. The highest BCUT2D eigenvalue weighted by Crippen LogP contribution is 2.67. The van der Waals surface area contributed by atoms with Crippen molar-refractivity contribution in [3.05, 3.63) is 0 Å². The Balaban J connectivity index is 0. The zero-order valence-corrected chi connectivity index (χ0v) is 30.4. The van der Waals surface area contributed by atoms with Crippen LogP contribution in [0.25, 0.3) is 0 Å².